The van der Waals surface area contributed by atoms with Crippen LogP contribution in [0.3, 0.4) is 0 Å². The molecule has 3 rings (SSSR count). The third-order valence-electron chi connectivity index (χ3n) is 4.36. The maximum atomic E-state index is 11.7. The highest BCUT2D eigenvalue weighted by Crippen LogP contribution is 2.53. The first-order valence-electron chi connectivity index (χ1n) is 7.25. The van der Waals surface area contributed by atoms with Gasteiger partial charge in [-0.3, -0.25) is 4.79 Å². The Balaban J connectivity index is 1.84. The summed E-state index contributed by atoms with van der Waals surface area (Å²) in [6, 6.07) is 11.3. The van der Waals surface area contributed by atoms with Gasteiger partial charge in [0.2, 0.25) is 0 Å². The first-order chi connectivity index (χ1) is 10.6. The van der Waals surface area contributed by atoms with E-state index in [1.54, 1.807) is 14.0 Å². The number of aldehydes is 1. The Labute approximate surface area is 128 Å². The lowest BCUT2D eigenvalue weighted by molar-refractivity contribution is -0.109. The summed E-state index contributed by atoms with van der Waals surface area (Å²) in [6.07, 6.45) is 1.77. The minimum absolute atomic E-state index is 0.0327. The number of ether oxygens (including phenoxy) is 1. The first-order valence-corrected chi connectivity index (χ1v) is 7.25. The van der Waals surface area contributed by atoms with E-state index in [4.69, 9.17) is 4.74 Å². The van der Waals surface area contributed by atoms with E-state index in [1.807, 2.05) is 30.3 Å². The third kappa shape index (κ3) is 2.43. The molecule has 1 aliphatic carbocycles. The predicted octanol–water partition coefficient (Wildman–Crippen LogP) is 1.62. The zero-order valence-electron chi connectivity index (χ0n) is 12.7. The lowest BCUT2D eigenvalue weighted by Gasteiger charge is -2.18. The maximum absolute atomic E-state index is 11.7. The third-order valence-corrected chi connectivity index (χ3v) is 4.36. The fraction of sp³-hybridized carbons (Fsp3) is 0.353. The van der Waals surface area contributed by atoms with Gasteiger partial charge in [-0.1, -0.05) is 30.3 Å². The number of aryl methyl sites for hydroxylation is 2. The summed E-state index contributed by atoms with van der Waals surface area (Å²) >= 11 is 0. The lowest BCUT2D eigenvalue weighted by Crippen LogP contribution is -2.24. The van der Waals surface area contributed by atoms with Gasteiger partial charge in [-0.2, -0.15) is 5.10 Å². The van der Waals surface area contributed by atoms with Gasteiger partial charge in [-0.05, 0) is 18.9 Å². The van der Waals surface area contributed by atoms with Gasteiger partial charge in [0.15, 0.2) is 0 Å². The molecule has 1 aromatic heterocycles. The lowest BCUT2D eigenvalue weighted by atomic mass is 9.94. The highest BCUT2D eigenvalue weighted by atomic mass is 16.5. The van der Waals surface area contributed by atoms with Crippen LogP contribution in [0.1, 0.15) is 17.7 Å². The van der Waals surface area contributed by atoms with Gasteiger partial charge in [0.05, 0.1) is 6.61 Å². The number of benzene rings is 1. The fourth-order valence-electron chi connectivity index (χ4n) is 2.85. The Morgan fingerprint density at radius 2 is 2.14 bits per heavy atom. The molecule has 1 saturated carbocycles. The minimum Gasteiger partial charge on any atom is -0.490 e. The molecular weight excluding hydrogens is 280 g/mol. The molecule has 2 aromatic rings. The van der Waals surface area contributed by atoms with E-state index in [-0.39, 0.29) is 16.9 Å². The van der Waals surface area contributed by atoms with Gasteiger partial charge < -0.3 is 9.53 Å². The van der Waals surface area contributed by atoms with Crippen molar-refractivity contribution in [2.24, 2.45) is 13.0 Å². The van der Waals surface area contributed by atoms with E-state index < -0.39 is 0 Å². The number of aromatic nitrogens is 2. The van der Waals surface area contributed by atoms with Crippen LogP contribution < -0.4 is 10.3 Å². The summed E-state index contributed by atoms with van der Waals surface area (Å²) in [5.74, 6) is 0.449. The SMILES string of the molecule is Cc1nn(C)c(=O)cc1OC[C@@]1(c2ccccc2)C[C@H]1C=O. The van der Waals surface area contributed by atoms with Gasteiger partial charge in [0, 0.05) is 24.4 Å². The first kappa shape index (κ1) is 14.5. The second-order valence-electron chi connectivity index (χ2n) is 5.81. The van der Waals surface area contributed by atoms with Crippen LogP contribution in [0.4, 0.5) is 0 Å². The van der Waals surface area contributed by atoms with E-state index in [1.165, 1.54) is 10.7 Å². The molecule has 1 fully saturated rings. The molecule has 22 heavy (non-hydrogen) atoms. The number of rotatable bonds is 5. The number of carbonyl (C=O) groups is 1. The van der Waals surface area contributed by atoms with Gasteiger partial charge >= 0.3 is 0 Å². The normalized spacial score (nSPS) is 23.1. The van der Waals surface area contributed by atoms with Crippen LogP contribution in [-0.2, 0) is 17.3 Å². The maximum Gasteiger partial charge on any atom is 0.270 e. The second-order valence-corrected chi connectivity index (χ2v) is 5.81. The summed E-state index contributed by atoms with van der Waals surface area (Å²) in [5, 5.41) is 4.12. The second kappa shape index (κ2) is 5.40. The molecule has 0 aliphatic heterocycles. The number of hydrogen-bond donors (Lipinski definition) is 0. The van der Waals surface area contributed by atoms with E-state index in [2.05, 4.69) is 5.10 Å². The molecule has 0 unspecified atom stereocenters. The van der Waals surface area contributed by atoms with Crippen molar-refractivity contribution in [3.05, 3.63) is 58.0 Å². The van der Waals surface area contributed by atoms with E-state index in [0.717, 1.165) is 18.3 Å². The van der Waals surface area contributed by atoms with Gasteiger partial charge in [0.1, 0.15) is 17.7 Å². The molecule has 5 nitrogen and oxygen atoms in total. The van der Waals surface area contributed by atoms with Gasteiger partial charge in [-0.25, -0.2) is 4.68 Å². The van der Waals surface area contributed by atoms with Crippen LogP contribution in [-0.4, -0.2) is 22.7 Å². The molecule has 0 spiro atoms. The Morgan fingerprint density at radius 1 is 1.41 bits per heavy atom. The van der Waals surface area contributed by atoms with Crippen LogP contribution in [0, 0.1) is 12.8 Å². The Kier molecular flexibility index (Phi) is 3.56. The summed E-state index contributed by atoms with van der Waals surface area (Å²) in [7, 11) is 1.61. The van der Waals surface area contributed by atoms with E-state index in [0.29, 0.717) is 18.1 Å². The predicted molar refractivity (Wildman–Crippen MR) is 82.0 cm³/mol. The number of hydrogen-bond acceptors (Lipinski definition) is 4. The highest BCUT2D eigenvalue weighted by Gasteiger charge is 2.56. The van der Waals surface area contributed by atoms with Crippen LogP contribution in [0.2, 0.25) is 0 Å². The average Bonchev–Trinajstić information content (AvgIpc) is 3.25. The van der Waals surface area contributed by atoms with Crippen molar-refractivity contribution in [2.45, 2.75) is 18.8 Å². The van der Waals surface area contributed by atoms with Crippen molar-refractivity contribution < 1.29 is 9.53 Å². The van der Waals surface area contributed by atoms with Crippen molar-refractivity contribution in [1.82, 2.24) is 9.78 Å². The quantitative estimate of drug-likeness (QED) is 0.787. The summed E-state index contributed by atoms with van der Waals surface area (Å²) in [5.41, 5.74) is 1.27. The molecule has 0 N–H and O–H groups in total. The molecule has 0 radical (unpaired) electrons. The minimum atomic E-state index is -0.281. The smallest absolute Gasteiger partial charge is 0.270 e. The Bertz CT molecular complexity index is 754. The van der Waals surface area contributed by atoms with Crippen molar-refractivity contribution in [1.29, 1.82) is 0 Å². The highest BCUT2D eigenvalue weighted by molar-refractivity contribution is 5.64. The van der Waals surface area contributed by atoms with E-state index >= 15 is 0 Å². The molecule has 0 saturated heterocycles. The van der Waals surface area contributed by atoms with Crippen molar-refractivity contribution in [3.63, 3.8) is 0 Å². The van der Waals surface area contributed by atoms with Crippen LogP contribution in [0.25, 0.3) is 0 Å². The van der Waals surface area contributed by atoms with Crippen molar-refractivity contribution in [2.75, 3.05) is 6.61 Å². The molecule has 5 heteroatoms. The molecule has 114 valence electrons. The number of carbonyl (C=O) groups excluding carboxylic acids is 1. The van der Waals surface area contributed by atoms with Crippen LogP contribution in [0.15, 0.2) is 41.2 Å². The van der Waals surface area contributed by atoms with Crippen molar-refractivity contribution in [3.8, 4) is 5.75 Å². The van der Waals surface area contributed by atoms with Gasteiger partial charge in [0.25, 0.3) is 5.56 Å². The Morgan fingerprint density at radius 3 is 2.77 bits per heavy atom. The van der Waals surface area contributed by atoms with E-state index in [9.17, 15) is 9.59 Å². The molecule has 1 aromatic carbocycles. The van der Waals surface area contributed by atoms with Crippen LogP contribution >= 0.6 is 0 Å². The Hall–Kier alpha value is -2.43. The topological polar surface area (TPSA) is 61.2 Å². The number of nitrogens with zero attached hydrogens (tertiary/aromatic N) is 2. The van der Waals surface area contributed by atoms with Crippen molar-refractivity contribution >= 4 is 6.29 Å². The molecule has 1 aliphatic rings. The molecule has 2 atom stereocenters. The largest absolute Gasteiger partial charge is 0.490 e. The monoisotopic (exact) mass is 298 g/mol. The summed E-state index contributed by atoms with van der Waals surface area (Å²) in [4.78, 5) is 22.9. The fourth-order valence-corrected chi connectivity index (χ4v) is 2.85. The molecule has 1 heterocycles. The standard InChI is InChI=1S/C17H18N2O3/c1-12-15(8-16(21)19(2)18-12)22-11-17(9-14(17)10-20)13-6-4-3-5-7-13/h3-8,10,14H,9,11H2,1-2H3/t14-,17+/m0/s1. The molecule has 0 bridgehead atoms. The van der Waals surface area contributed by atoms with Gasteiger partial charge in [-0.15, -0.1) is 0 Å². The van der Waals surface area contributed by atoms with Crippen LogP contribution in [0.5, 0.6) is 5.75 Å². The summed E-state index contributed by atoms with van der Waals surface area (Å²) < 4.78 is 7.13. The average molecular weight is 298 g/mol. The molecule has 0 amide bonds. The zero-order valence-corrected chi connectivity index (χ0v) is 12.7. The molecular formula is C17H18N2O3. The summed E-state index contributed by atoms with van der Waals surface area (Å²) in [6.45, 7) is 2.17. The zero-order chi connectivity index (χ0) is 15.7.